The Morgan fingerprint density at radius 3 is 2.76 bits per heavy atom. The Morgan fingerprint density at radius 2 is 2.04 bits per heavy atom. The average molecular weight is 349 g/mol. The normalized spacial score (nSPS) is 11.0. The molecule has 0 aromatic carbocycles. The highest BCUT2D eigenvalue weighted by molar-refractivity contribution is 7.21. The van der Waals surface area contributed by atoms with Gasteiger partial charge in [-0.05, 0) is 18.2 Å². The van der Waals surface area contributed by atoms with Gasteiger partial charge in [0.15, 0.2) is 5.76 Å². The van der Waals surface area contributed by atoms with Crippen molar-refractivity contribution in [2.45, 2.75) is 0 Å². The molecule has 0 atom stereocenters. The third kappa shape index (κ3) is 2.26. The first-order chi connectivity index (χ1) is 12.0. The molecule has 122 valence electrons. The number of nitrogen functional groups attached to an aromatic ring is 2. The van der Waals surface area contributed by atoms with Crippen LogP contribution in [-0.4, -0.2) is 10.9 Å². The van der Waals surface area contributed by atoms with Gasteiger partial charge in [-0.2, -0.15) is 5.26 Å². The van der Waals surface area contributed by atoms with Gasteiger partial charge in [0.2, 0.25) is 0 Å². The largest absolute Gasteiger partial charge is 0.454 e. The number of nitrogens with two attached hydrogens (primary N) is 3. The summed E-state index contributed by atoms with van der Waals surface area (Å²) in [7, 11) is 0. The number of aromatic nitrogens is 1. The summed E-state index contributed by atoms with van der Waals surface area (Å²) in [5.74, 6) is 0.226. The predicted octanol–water partition coefficient (Wildman–Crippen LogP) is 2.80. The van der Waals surface area contributed by atoms with E-state index >= 15 is 0 Å². The molecular weight excluding hydrogens is 338 g/mol. The van der Waals surface area contributed by atoms with E-state index in [9.17, 15) is 4.79 Å². The number of amides is 1. The molecule has 1 aliphatic heterocycles. The molecule has 25 heavy (non-hydrogen) atoms. The molecule has 3 heterocycles. The van der Waals surface area contributed by atoms with Gasteiger partial charge in [0.25, 0.3) is 5.91 Å². The number of anilines is 2. The van der Waals surface area contributed by atoms with Crippen molar-refractivity contribution in [1.82, 2.24) is 4.98 Å². The second-order valence-electron chi connectivity index (χ2n) is 5.50. The van der Waals surface area contributed by atoms with Crippen LogP contribution in [0.15, 0.2) is 34.9 Å². The van der Waals surface area contributed by atoms with E-state index in [1.54, 1.807) is 24.3 Å². The highest BCUT2D eigenvalue weighted by Crippen LogP contribution is 2.43. The number of hydrogen-bond donors (Lipinski definition) is 3. The Labute approximate surface area is 145 Å². The predicted molar refractivity (Wildman–Crippen MR) is 96.0 cm³/mol. The van der Waals surface area contributed by atoms with Crippen LogP contribution in [0, 0.1) is 11.3 Å². The van der Waals surface area contributed by atoms with Gasteiger partial charge in [0.05, 0.1) is 16.8 Å². The second kappa shape index (κ2) is 5.22. The van der Waals surface area contributed by atoms with E-state index in [-0.39, 0.29) is 4.88 Å². The smallest absolute Gasteiger partial charge is 0.259 e. The summed E-state index contributed by atoms with van der Waals surface area (Å²) in [6, 6.07) is 8.81. The molecule has 2 aromatic heterocycles. The second-order valence-corrected chi connectivity index (χ2v) is 6.50. The molecule has 6 N–H and O–H groups in total. The van der Waals surface area contributed by atoms with Crippen LogP contribution in [0.4, 0.5) is 11.4 Å². The lowest BCUT2D eigenvalue weighted by Crippen LogP contribution is -2.10. The number of nitrogens with zero attached hydrogens (tertiary/aromatic N) is 2. The molecule has 1 aliphatic carbocycles. The number of hydrogen-bond acceptors (Lipinski definition) is 7. The third-order valence-corrected chi connectivity index (χ3v) is 4.94. The number of thiophene rings is 1. The molecule has 0 saturated carbocycles. The fraction of sp³-hybridized carbons (Fsp3) is 0. The number of primary amides is 1. The average Bonchev–Trinajstić information content (AvgIpc) is 3.12. The van der Waals surface area contributed by atoms with Crippen molar-refractivity contribution in [3.63, 3.8) is 0 Å². The zero-order valence-electron chi connectivity index (χ0n) is 12.7. The molecule has 2 aromatic rings. The van der Waals surface area contributed by atoms with Crippen LogP contribution >= 0.6 is 11.3 Å². The number of pyridine rings is 1. The van der Waals surface area contributed by atoms with E-state index in [1.807, 2.05) is 6.07 Å². The van der Waals surface area contributed by atoms with Crippen molar-refractivity contribution in [3.05, 3.63) is 40.9 Å². The SMILES string of the molecule is N#Cc1cnc2sc(C(N)=O)c(-c3oc4cc(N)cc-4cc3N)c2c1. The van der Waals surface area contributed by atoms with Gasteiger partial charge in [-0.1, -0.05) is 0 Å². The van der Waals surface area contributed by atoms with Crippen molar-refractivity contribution in [2.75, 3.05) is 11.5 Å². The zero-order chi connectivity index (χ0) is 17.7. The fourth-order valence-electron chi connectivity index (χ4n) is 2.77. The maximum atomic E-state index is 11.9. The summed E-state index contributed by atoms with van der Waals surface area (Å²) in [6.45, 7) is 0. The molecule has 8 heteroatoms. The van der Waals surface area contributed by atoms with E-state index in [2.05, 4.69) is 4.98 Å². The maximum Gasteiger partial charge on any atom is 0.259 e. The highest BCUT2D eigenvalue weighted by atomic mass is 32.1. The first-order valence-electron chi connectivity index (χ1n) is 7.19. The van der Waals surface area contributed by atoms with Crippen LogP contribution < -0.4 is 17.2 Å². The third-order valence-electron chi connectivity index (χ3n) is 3.82. The van der Waals surface area contributed by atoms with Crippen LogP contribution in [0.25, 0.3) is 32.9 Å². The minimum atomic E-state index is -0.617. The fourth-order valence-corrected chi connectivity index (χ4v) is 3.74. The molecule has 1 amide bonds. The molecular formula is C17H11N5O2S. The van der Waals surface area contributed by atoms with Crippen LogP contribution in [0.1, 0.15) is 15.2 Å². The van der Waals surface area contributed by atoms with Gasteiger partial charge in [0.1, 0.15) is 21.5 Å². The minimum absolute atomic E-state index is 0.270. The van der Waals surface area contributed by atoms with Gasteiger partial charge in [-0.3, -0.25) is 4.79 Å². The standard InChI is InChI=1S/C17H11N5O2S/c18-5-7-1-10-13(15(16(21)23)25-17(10)22-6-7)14-11(20)3-8-2-9(19)4-12(8)24-14/h1-4,6H,19-20H2,(H2,21,23). The number of nitriles is 1. The van der Waals surface area contributed by atoms with E-state index in [0.717, 1.165) is 16.9 Å². The summed E-state index contributed by atoms with van der Waals surface area (Å²) in [6.07, 6.45) is 1.44. The Morgan fingerprint density at radius 1 is 1.24 bits per heavy atom. The number of carbonyl (C=O) groups is 1. The quantitative estimate of drug-likeness (QED) is 0.507. The molecule has 0 bridgehead atoms. The lowest BCUT2D eigenvalue weighted by molar-refractivity contribution is 0.100. The monoisotopic (exact) mass is 349 g/mol. The van der Waals surface area contributed by atoms with Gasteiger partial charge >= 0.3 is 0 Å². The van der Waals surface area contributed by atoms with Crippen molar-refractivity contribution in [1.29, 1.82) is 5.26 Å². The Hall–Kier alpha value is -3.57. The molecule has 7 nitrogen and oxygen atoms in total. The Balaban J connectivity index is 2.11. The first-order valence-corrected chi connectivity index (χ1v) is 8.01. The first kappa shape index (κ1) is 15.0. The molecule has 0 radical (unpaired) electrons. The summed E-state index contributed by atoms with van der Waals surface area (Å²) in [5, 5.41) is 9.72. The van der Waals surface area contributed by atoms with Crippen molar-refractivity contribution in [3.8, 4) is 28.7 Å². The molecule has 2 aliphatic rings. The van der Waals surface area contributed by atoms with E-state index in [4.69, 9.17) is 26.9 Å². The summed E-state index contributed by atoms with van der Waals surface area (Å²) in [4.78, 5) is 17.0. The van der Waals surface area contributed by atoms with Crippen LogP contribution in [0.3, 0.4) is 0 Å². The van der Waals surface area contributed by atoms with Crippen LogP contribution in [0.5, 0.6) is 0 Å². The number of carbonyl (C=O) groups excluding carboxylic acids is 1. The number of rotatable bonds is 2. The van der Waals surface area contributed by atoms with Gasteiger partial charge in [-0.15, -0.1) is 11.3 Å². The van der Waals surface area contributed by atoms with E-state index < -0.39 is 5.91 Å². The molecule has 0 fully saturated rings. The van der Waals surface area contributed by atoms with Crippen LogP contribution in [0.2, 0.25) is 0 Å². The van der Waals surface area contributed by atoms with Gasteiger partial charge < -0.3 is 21.6 Å². The van der Waals surface area contributed by atoms with Gasteiger partial charge in [-0.25, -0.2) is 4.98 Å². The molecule has 0 unspecified atom stereocenters. The van der Waals surface area contributed by atoms with Crippen LogP contribution in [-0.2, 0) is 0 Å². The van der Waals surface area contributed by atoms with Crippen molar-refractivity contribution in [2.24, 2.45) is 5.73 Å². The molecule has 0 saturated heterocycles. The van der Waals surface area contributed by atoms with Crippen molar-refractivity contribution < 1.29 is 9.21 Å². The lowest BCUT2D eigenvalue weighted by Gasteiger charge is -2.09. The lowest BCUT2D eigenvalue weighted by atomic mass is 10.1. The zero-order valence-corrected chi connectivity index (χ0v) is 13.6. The Kier molecular flexibility index (Phi) is 3.13. The molecule has 0 spiro atoms. The van der Waals surface area contributed by atoms with Crippen molar-refractivity contribution >= 4 is 38.8 Å². The summed E-state index contributed by atoms with van der Waals surface area (Å²) < 4.78 is 5.91. The van der Waals surface area contributed by atoms with E-state index in [1.165, 1.54) is 6.20 Å². The Bertz CT molecular complexity index is 1170. The minimum Gasteiger partial charge on any atom is -0.454 e. The van der Waals surface area contributed by atoms with Gasteiger partial charge in [0, 0.05) is 28.9 Å². The number of fused-ring (bicyclic) bond motifs is 2. The van der Waals surface area contributed by atoms with E-state index in [0.29, 0.717) is 44.2 Å². The summed E-state index contributed by atoms with van der Waals surface area (Å²) >= 11 is 1.13. The topological polar surface area (TPSA) is 145 Å². The maximum absolute atomic E-state index is 11.9. The summed E-state index contributed by atoms with van der Waals surface area (Å²) in [5.41, 5.74) is 19.9. The molecule has 4 rings (SSSR count). The highest BCUT2D eigenvalue weighted by Gasteiger charge is 2.24.